The molecule has 0 radical (unpaired) electrons. The lowest BCUT2D eigenvalue weighted by atomic mass is 9.90. The molecule has 1 saturated heterocycles. The van der Waals surface area contributed by atoms with Crippen molar-refractivity contribution in [3.8, 4) is 5.75 Å². The predicted molar refractivity (Wildman–Crippen MR) is 114 cm³/mol. The van der Waals surface area contributed by atoms with Crippen LogP contribution in [-0.4, -0.2) is 48.7 Å². The molecule has 0 aromatic heterocycles. The fourth-order valence-corrected chi connectivity index (χ4v) is 3.72. The van der Waals surface area contributed by atoms with E-state index in [4.69, 9.17) is 9.47 Å². The Hall–Kier alpha value is -2.24. The number of nitrogens with zero attached hydrogens (tertiary/aromatic N) is 1. The van der Waals surface area contributed by atoms with Gasteiger partial charge in [0, 0.05) is 25.6 Å². The van der Waals surface area contributed by atoms with E-state index in [-0.39, 0.29) is 11.9 Å². The molecular formula is C23H36N2O4. The van der Waals surface area contributed by atoms with Gasteiger partial charge < -0.3 is 19.7 Å². The summed E-state index contributed by atoms with van der Waals surface area (Å²) in [5, 5.41) is 2.80. The number of hydrogen-bond donors (Lipinski definition) is 1. The number of para-hydroxylation sites is 1. The van der Waals surface area contributed by atoms with Crippen molar-refractivity contribution >= 4 is 12.0 Å². The number of nitrogens with one attached hydrogen (secondary N) is 1. The number of ether oxygens (including phenoxy) is 2. The molecule has 1 N–H and O–H groups in total. The molecule has 1 aromatic rings. The van der Waals surface area contributed by atoms with Crippen molar-refractivity contribution in [1.29, 1.82) is 0 Å². The summed E-state index contributed by atoms with van der Waals surface area (Å²) in [4.78, 5) is 26.5. The quantitative estimate of drug-likeness (QED) is 0.741. The molecular weight excluding hydrogens is 368 g/mol. The Bertz CT molecular complexity index is 684. The lowest BCUT2D eigenvalue weighted by Gasteiger charge is -2.33. The number of hydrogen-bond acceptors (Lipinski definition) is 4. The molecule has 1 fully saturated rings. The smallest absolute Gasteiger partial charge is 0.407 e. The molecule has 0 unspecified atom stereocenters. The predicted octanol–water partition coefficient (Wildman–Crippen LogP) is 4.17. The molecule has 1 aromatic carbocycles. The number of likely N-dealkylation sites (tertiary alicyclic amines) is 1. The van der Waals surface area contributed by atoms with Crippen LogP contribution in [-0.2, 0) is 16.0 Å². The van der Waals surface area contributed by atoms with Gasteiger partial charge in [-0.2, -0.15) is 0 Å². The van der Waals surface area contributed by atoms with Crippen LogP contribution >= 0.6 is 0 Å². The topological polar surface area (TPSA) is 67.9 Å². The average Bonchev–Trinajstić information content (AvgIpc) is 2.65. The van der Waals surface area contributed by atoms with Crippen LogP contribution in [0.5, 0.6) is 5.75 Å². The second kappa shape index (κ2) is 10.5. The van der Waals surface area contributed by atoms with E-state index in [1.54, 1.807) is 7.11 Å². The summed E-state index contributed by atoms with van der Waals surface area (Å²) in [6.45, 7) is 8.99. The summed E-state index contributed by atoms with van der Waals surface area (Å²) in [5.41, 5.74) is 0.675. The summed E-state index contributed by atoms with van der Waals surface area (Å²) in [7, 11) is 1.70. The minimum absolute atomic E-state index is 0.108. The number of alkyl carbamates (subject to hydrolysis) is 1. The first-order valence-electron chi connectivity index (χ1n) is 10.6. The van der Waals surface area contributed by atoms with Gasteiger partial charge >= 0.3 is 6.09 Å². The van der Waals surface area contributed by atoms with E-state index >= 15 is 0 Å². The van der Waals surface area contributed by atoms with E-state index in [9.17, 15) is 9.59 Å². The summed E-state index contributed by atoms with van der Waals surface area (Å²) in [6, 6.07) is 7.99. The van der Waals surface area contributed by atoms with Crippen LogP contribution in [0.1, 0.15) is 58.9 Å². The SMILES string of the molecule is COc1ccccc1C[C@@H]1CCCN(C(=O)CC[C@@H](C)NC(=O)OC(C)(C)C)C1. The van der Waals surface area contributed by atoms with Gasteiger partial charge in [-0.3, -0.25) is 4.79 Å². The third-order valence-electron chi connectivity index (χ3n) is 5.13. The maximum Gasteiger partial charge on any atom is 0.407 e. The fourth-order valence-electron chi connectivity index (χ4n) is 3.72. The zero-order valence-electron chi connectivity index (χ0n) is 18.5. The number of rotatable bonds is 7. The molecule has 1 aliphatic heterocycles. The lowest BCUT2D eigenvalue weighted by molar-refractivity contribution is -0.133. The Morgan fingerprint density at radius 3 is 2.69 bits per heavy atom. The van der Waals surface area contributed by atoms with E-state index in [1.165, 1.54) is 5.56 Å². The van der Waals surface area contributed by atoms with Gasteiger partial charge in [-0.15, -0.1) is 0 Å². The molecule has 0 saturated carbocycles. The van der Waals surface area contributed by atoms with Gasteiger partial charge in [0.2, 0.25) is 5.91 Å². The molecule has 6 heteroatoms. The summed E-state index contributed by atoms with van der Waals surface area (Å²) >= 11 is 0. The Balaban J connectivity index is 1.79. The number of benzene rings is 1. The monoisotopic (exact) mass is 404 g/mol. The van der Waals surface area contributed by atoms with Crippen LogP contribution in [0.25, 0.3) is 0 Å². The molecule has 2 amide bonds. The lowest BCUT2D eigenvalue weighted by Crippen LogP contribution is -2.42. The second-order valence-electron chi connectivity index (χ2n) is 8.95. The van der Waals surface area contributed by atoms with Crippen molar-refractivity contribution < 1.29 is 19.1 Å². The minimum Gasteiger partial charge on any atom is -0.496 e. The summed E-state index contributed by atoms with van der Waals surface area (Å²) < 4.78 is 10.7. The number of carbonyl (C=O) groups excluding carboxylic acids is 2. The van der Waals surface area contributed by atoms with Crippen molar-refractivity contribution in [2.45, 2.75) is 71.4 Å². The van der Waals surface area contributed by atoms with Crippen molar-refractivity contribution in [2.75, 3.05) is 20.2 Å². The number of methoxy groups -OCH3 is 1. The van der Waals surface area contributed by atoms with E-state index in [0.717, 1.165) is 38.1 Å². The van der Waals surface area contributed by atoms with Gasteiger partial charge in [0.1, 0.15) is 11.4 Å². The molecule has 29 heavy (non-hydrogen) atoms. The van der Waals surface area contributed by atoms with Gasteiger partial charge in [0.15, 0.2) is 0 Å². The average molecular weight is 405 g/mol. The van der Waals surface area contributed by atoms with Gasteiger partial charge in [-0.1, -0.05) is 18.2 Å². The Morgan fingerprint density at radius 2 is 2.00 bits per heavy atom. The summed E-state index contributed by atoms with van der Waals surface area (Å²) in [5.74, 6) is 1.52. The zero-order valence-corrected chi connectivity index (χ0v) is 18.5. The van der Waals surface area contributed by atoms with E-state index in [1.807, 2.05) is 50.8 Å². The third kappa shape index (κ3) is 7.95. The normalized spacial score (nSPS) is 18.1. The number of carbonyl (C=O) groups is 2. The Labute approximate surface area is 174 Å². The highest BCUT2D eigenvalue weighted by Gasteiger charge is 2.25. The van der Waals surface area contributed by atoms with Crippen LogP contribution in [0.15, 0.2) is 24.3 Å². The maximum atomic E-state index is 12.7. The highest BCUT2D eigenvalue weighted by atomic mass is 16.6. The highest BCUT2D eigenvalue weighted by Crippen LogP contribution is 2.26. The first-order chi connectivity index (χ1) is 13.7. The second-order valence-corrected chi connectivity index (χ2v) is 8.95. The Kier molecular flexibility index (Phi) is 8.35. The van der Waals surface area contributed by atoms with Crippen LogP contribution < -0.4 is 10.1 Å². The van der Waals surface area contributed by atoms with Crippen molar-refractivity contribution in [1.82, 2.24) is 10.2 Å². The van der Waals surface area contributed by atoms with Crippen LogP contribution in [0.2, 0.25) is 0 Å². The molecule has 6 nitrogen and oxygen atoms in total. The minimum atomic E-state index is -0.524. The number of amides is 2. The maximum absolute atomic E-state index is 12.7. The Morgan fingerprint density at radius 1 is 1.28 bits per heavy atom. The number of piperidine rings is 1. The van der Waals surface area contributed by atoms with E-state index in [2.05, 4.69) is 11.4 Å². The molecule has 1 aliphatic rings. The highest BCUT2D eigenvalue weighted by molar-refractivity contribution is 5.76. The molecule has 0 spiro atoms. The van der Waals surface area contributed by atoms with Crippen LogP contribution in [0, 0.1) is 5.92 Å². The van der Waals surface area contributed by atoms with Crippen molar-refractivity contribution in [3.63, 3.8) is 0 Å². The van der Waals surface area contributed by atoms with Crippen molar-refractivity contribution in [3.05, 3.63) is 29.8 Å². The molecule has 162 valence electrons. The largest absolute Gasteiger partial charge is 0.496 e. The van der Waals surface area contributed by atoms with Gasteiger partial charge in [-0.05, 0) is 70.9 Å². The third-order valence-corrected chi connectivity index (χ3v) is 5.13. The first kappa shape index (κ1) is 23.0. The molecule has 2 atom stereocenters. The van der Waals surface area contributed by atoms with Gasteiger partial charge in [0.05, 0.1) is 7.11 Å². The first-order valence-corrected chi connectivity index (χ1v) is 10.6. The zero-order chi connectivity index (χ0) is 21.4. The van der Waals surface area contributed by atoms with Crippen LogP contribution in [0.4, 0.5) is 4.79 Å². The van der Waals surface area contributed by atoms with E-state index in [0.29, 0.717) is 18.8 Å². The van der Waals surface area contributed by atoms with Gasteiger partial charge in [-0.25, -0.2) is 4.79 Å². The molecule has 2 rings (SSSR count). The standard InChI is InChI=1S/C23H36N2O4/c1-17(24-22(27)29-23(2,3)4)12-13-21(26)25-14-8-9-18(16-25)15-19-10-6-7-11-20(19)28-5/h6-7,10-11,17-18H,8-9,12-16H2,1-5H3,(H,24,27)/t17-,18+/m1/s1. The molecule has 0 aliphatic carbocycles. The van der Waals surface area contributed by atoms with Crippen molar-refractivity contribution in [2.24, 2.45) is 5.92 Å². The van der Waals surface area contributed by atoms with Crippen LogP contribution in [0.3, 0.4) is 0 Å². The van der Waals surface area contributed by atoms with E-state index < -0.39 is 11.7 Å². The summed E-state index contributed by atoms with van der Waals surface area (Å²) in [6.07, 6.45) is 3.66. The molecule has 1 heterocycles. The van der Waals surface area contributed by atoms with Gasteiger partial charge in [0.25, 0.3) is 0 Å². The fraction of sp³-hybridized carbons (Fsp3) is 0.652. The molecule has 0 bridgehead atoms.